The third-order valence-corrected chi connectivity index (χ3v) is 5.60. The van der Waals surface area contributed by atoms with Crippen molar-refractivity contribution >= 4 is 32.2 Å². The van der Waals surface area contributed by atoms with E-state index in [-0.39, 0.29) is 3.71 Å². The van der Waals surface area contributed by atoms with Crippen LogP contribution in [0.3, 0.4) is 0 Å². The number of urea groups is 1. The number of carbonyl (C=O) groups is 1. The van der Waals surface area contributed by atoms with Crippen molar-refractivity contribution in [3.63, 3.8) is 0 Å². The molecular weight excluding hydrogens is 354 g/mol. The number of rotatable bonds is 6. The first kappa shape index (κ1) is 11.4. The van der Waals surface area contributed by atoms with Gasteiger partial charge in [-0.15, -0.1) is 0 Å². The van der Waals surface area contributed by atoms with Crippen molar-refractivity contribution in [3.05, 3.63) is 6.07 Å². The molecule has 0 atom stereocenters. The SMILES string of the molecule is [2H]C([2H])([2H])Oc1cc(OC([2H])([2H])[2H])nc(NC(=O)NS(=O)(=O)N(C)S(C)(=O)=O)n1. The molecule has 0 bridgehead atoms. The topological polar surface area (TPSA) is 157 Å². The highest BCUT2D eigenvalue weighted by Crippen LogP contribution is 2.17. The number of anilines is 1. The summed E-state index contributed by atoms with van der Waals surface area (Å²) in [5.74, 6) is -2.27. The zero-order valence-electron chi connectivity index (χ0n) is 17.6. The van der Waals surface area contributed by atoms with Gasteiger partial charge in [-0.25, -0.2) is 17.9 Å². The molecule has 1 rings (SSSR count). The molecule has 0 saturated carbocycles. The summed E-state index contributed by atoms with van der Waals surface area (Å²) in [4.78, 5) is 18.8. The van der Waals surface area contributed by atoms with Crippen molar-refractivity contribution < 1.29 is 39.3 Å². The van der Waals surface area contributed by atoms with Gasteiger partial charge >= 0.3 is 16.2 Å². The molecule has 1 aromatic rings. The minimum Gasteiger partial charge on any atom is -0.481 e. The van der Waals surface area contributed by atoms with E-state index in [4.69, 9.17) is 8.22 Å². The van der Waals surface area contributed by atoms with E-state index in [2.05, 4.69) is 19.4 Å². The predicted octanol–water partition coefficient (Wildman–Crippen LogP) is -1.25. The van der Waals surface area contributed by atoms with Crippen LogP contribution in [0.4, 0.5) is 10.7 Å². The quantitative estimate of drug-likeness (QED) is 0.620. The number of hydrogen-bond acceptors (Lipinski definition) is 9. The molecular formula is C9H15N5O7S2. The molecule has 0 aromatic carbocycles. The predicted molar refractivity (Wildman–Crippen MR) is 78.8 cm³/mol. The highest BCUT2D eigenvalue weighted by atomic mass is 32.3. The maximum absolute atomic E-state index is 11.8. The third-order valence-electron chi connectivity index (χ3n) is 2.14. The summed E-state index contributed by atoms with van der Waals surface area (Å²) in [5, 5.41) is 1.76. The van der Waals surface area contributed by atoms with Crippen LogP contribution in [0, 0.1) is 0 Å². The minimum absolute atomic E-state index is 0.127. The molecule has 0 fully saturated rings. The first-order chi connectivity index (χ1) is 12.8. The summed E-state index contributed by atoms with van der Waals surface area (Å²) in [5.41, 5.74) is 0. The molecule has 0 aliphatic rings. The van der Waals surface area contributed by atoms with Crippen LogP contribution in [-0.2, 0) is 20.2 Å². The minimum atomic E-state index is -4.83. The van der Waals surface area contributed by atoms with Crippen molar-refractivity contribution in [2.24, 2.45) is 0 Å². The molecule has 130 valence electrons. The van der Waals surface area contributed by atoms with Gasteiger partial charge in [-0.05, 0) is 0 Å². The number of aromatic nitrogens is 2. The summed E-state index contributed by atoms with van der Waals surface area (Å²) in [6, 6.07) is -0.845. The number of carbonyl (C=O) groups excluding carboxylic acids is 1. The summed E-state index contributed by atoms with van der Waals surface area (Å²) in [7, 11) is -14.4. The maximum Gasteiger partial charge on any atom is 0.336 e. The second-order valence-corrected chi connectivity index (χ2v) is 7.72. The number of sulfonamides is 1. The van der Waals surface area contributed by atoms with Gasteiger partial charge in [-0.2, -0.15) is 18.4 Å². The Balaban J connectivity index is 3.14. The van der Waals surface area contributed by atoms with Crippen molar-refractivity contribution in [2.45, 2.75) is 0 Å². The van der Waals surface area contributed by atoms with E-state index in [1.54, 1.807) is 5.32 Å². The average molecular weight is 375 g/mol. The van der Waals surface area contributed by atoms with E-state index in [9.17, 15) is 21.6 Å². The van der Waals surface area contributed by atoms with Gasteiger partial charge in [-0.3, -0.25) is 5.32 Å². The number of methoxy groups -OCH3 is 2. The van der Waals surface area contributed by atoms with Crippen molar-refractivity contribution in [3.8, 4) is 11.8 Å². The lowest BCUT2D eigenvalue weighted by Crippen LogP contribution is -2.45. The highest BCUT2D eigenvalue weighted by molar-refractivity contribution is 8.03. The van der Waals surface area contributed by atoms with Gasteiger partial charge in [0.15, 0.2) is 0 Å². The van der Waals surface area contributed by atoms with Gasteiger partial charge in [0.1, 0.15) is 0 Å². The van der Waals surface area contributed by atoms with Crippen molar-refractivity contribution in [2.75, 3.05) is 32.7 Å². The average Bonchev–Trinajstić information content (AvgIpc) is 2.40. The zero-order valence-corrected chi connectivity index (χ0v) is 13.2. The molecule has 23 heavy (non-hydrogen) atoms. The largest absolute Gasteiger partial charge is 0.481 e. The van der Waals surface area contributed by atoms with E-state index in [1.807, 2.05) is 0 Å². The zero-order chi connectivity index (χ0) is 22.8. The van der Waals surface area contributed by atoms with E-state index < -0.39 is 58.0 Å². The fraction of sp³-hybridized carbons (Fsp3) is 0.444. The lowest BCUT2D eigenvalue weighted by molar-refractivity contribution is 0.256. The Hall–Kier alpha value is -2.19. The normalized spacial score (nSPS) is 16.8. The van der Waals surface area contributed by atoms with Crippen LogP contribution < -0.4 is 19.5 Å². The second-order valence-electron chi connectivity index (χ2n) is 3.78. The van der Waals surface area contributed by atoms with Gasteiger partial charge < -0.3 is 9.47 Å². The van der Waals surface area contributed by atoms with Crippen LogP contribution >= 0.6 is 0 Å². The van der Waals surface area contributed by atoms with Crippen molar-refractivity contribution in [1.29, 1.82) is 0 Å². The smallest absolute Gasteiger partial charge is 0.336 e. The number of nitrogens with zero attached hydrogens (tertiary/aromatic N) is 3. The highest BCUT2D eigenvalue weighted by Gasteiger charge is 2.28. The van der Waals surface area contributed by atoms with Gasteiger partial charge in [-0.1, -0.05) is 3.71 Å². The van der Waals surface area contributed by atoms with Crippen LogP contribution in [-0.4, -0.2) is 63.9 Å². The molecule has 2 N–H and O–H groups in total. The van der Waals surface area contributed by atoms with Crippen LogP contribution in [0.1, 0.15) is 8.22 Å². The van der Waals surface area contributed by atoms with E-state index >= 15 is 0 Å². The number of nitrogens with one attached hydrogen (secondary N) is 2. The Labute approximate surface area is 141 Å². The van der Waals surface area contributed by atoms with Gasteiger partial charge in [0.25, 0.3) is 0 Å². The Morgan fingerprint density at radius 1 is 1.22 bits per heavy atom. The Morgan fingerprint density at radius 2 is 1.74 bits per heavy atom. The van der Waals surface area contributed by atoms with Gasteiger partial charge in [0.2, 0.25) is 27.7 Å². The molecule has 0 unspecified atom stereocenters. The van der Waals surface area contributed by atoms with E-state index in [0.717, 1.165) is 0 Å². The lowest BCUT2D eigenvalue weighted by Gasteiger charge is -2.15. The molecule has 2 amide bonds. The maximum atomic E-state index is 11.8. The molecule has 12 nitrogen and oxygen atoms in total. The number of ether oxygens (including phenoxy) is 2. The fourth-order valence-electron chi connectivity index (χ4n) is 1.05. The Morgan fingerprint density at radius 3 is 2.17 bits per heavy atom. The standard InChI is InChI=1S/C9H15N5O7S2/c1-14(22(4,16)17)23(18,19)13-9(15)12-8-10-6(20-2)5-7(11-8)21-3/h5H,1-4H3,(H2,10,11,12,13,15)/i2D3,3D3. The van der Waals surface area contributed by atoms with Crippen LogP contribution in [0.5, 0.6) is 11.8 Å². The monoisotopic (exact) mass is 375 g/mol. The summed E-state index contributed by atoms with van der Waals surface area (Å²) < 4.78 is 98.4. The molecule has 0 radical (unpaired) electrons. The molecule has 0 spiro atoms. The van der Waals surface area contributed by atoms with Crippen LogP contribution in [0.25, 0.3) is 0 Å². The third kappa shape index (κ3) is 5.19. The summed E-state index contributed by atoms with van der Waals surface area (Å²) in [6.45, 7) is 0. The molecule has 1 heterocycles. The molecule has 0 aliphatic heterocycles. The van der Waals surface area contributed by atoms with Crippen molar-refractivity contribution in [1.82, 2.24) is 18.4 Å². The first-order valence-electron chi connectivity index (χ1n) is 8.33. The Kier molecular flexibility index (Phi) is 3.42. The Bertz CT molecular complexity index is 944. The lowest BCUT2D eigenvalue weighted by atomic mass is 10.6. The number of amides is 2. The van der Waals surface area contributed by atoms with Gasteiger partial charge in [0, 0.05) is 7.05 Å². The molecule has 0 aliphatic carbocycles. The van der Waals surface area contributed by atoms with E-state index in [1.165, 1.54) is 4.72 Å². The second kappa shape index (κ2) is 6.93. The van der Waals surface area contributed by atoms with E-state index in [0.29, 0.717) is 19.4 Å². The first-order valence-corrected chi connectivity index (χ1v) is 8.62. The van der Waals surface area contributed by atoms with Gasteiger partial charge in [0.05, 0.1) is 34.6 Å². The number of hydrogen-bond donors (Lipinski definition) is 2. The fourth-order valence-corrected chi connectivity index (χ4v) is 3.00. The summed E-state index contributed by atoms with van der Waals surface area (Å²) >= 11 is 0. The van der Waals surface area contributed by atoms with Crippen LogP contribution in [0.2, 0.25) is 0 Å². The molecule has 1 aromatic heterocycles. The van der Waals surface area contributed by atoms with Crippen LogP contribution in [0.15, 0.2) is 6.07 Å². The molecule has 0 saturated heterocycles. The summed E-state index contributed by atoms with van der Waals surface area (Å²) in [6.07, 6.45) is 0.571. The molecule has 14 heteroatoms.